The summed E-state index contributed by atoms with van der Waals surface area (Å²) in [4.78, 5) is 27.9. The van der Waals surface area contributed by atoms with E-state index in [-0.39, 0.29) is 11.3 Å². The van der Waals surface area contributed by atoms with E-state index in [4.69, 9.17) is 9.47 Å². The normalized spacial score (nSPS) is 17.1. The number of hydrogen-bond donors (Lipinski definition) is 1. The fraction of sp³-hybridized carbons (Fsp3) is 0.185. The van der Waals surface area contributed by atoms with E-state index in [0.717, 1.165) is 15.6 Å². The Labute approximate surface area is 206 Å². The number of aliphatic hydroxyl groups is 1. The summed E-state index contributed by atoms with van der Waals surface area (Å²) >= 11 is 3.43. The maximum atomic E-state index is 13.2. The summed E-state index contributed by atoms with van der Waals surface area (Å²) in [6.07, 6.45) is 0.581. The van der Waals surface area contributed by atoms with Gasteiger partial charge in [-0.2, -0.15) is 0 Å². The number of ketones is 1. The van der Waals surface area contributed by atoms with Gasteiger partial charge < -0.3 is 19.5 Å². The van der Waals surface area contributed by atoms with Gasteiger partial charge in [-0.05, 0) is 47.9 Å². The van der Waals surface area contributed by atoms with Crippen LogP contribution in [-0.4, -0.2) is 42.5 Å². The van der Waals surface area contributed by atoms with Crippen LogP contribution in [0.25, 0.3) is 5.76 Å². The number of rotatable bonds is 7. The first-order valence-corrected chi connectivity index (χ1v) is 11.5. The Bertz CT molecular complexity index is 1240. The highest BCUT2D eigenvalue weighted by Gasteiger charge is 2.45. The van der Waals surface area contributed by atoms with Crippen molar-refractivity contribution in [2.24, 2.45) is 0 Å². The van der Waals surface area contributed by atoms with E-state index in [2.05, 4.69) is 15.9 Å². The number of ether oxygens (including phenoxy) is 2. The van der Waals surface area contributed by atoms with E-state index in [1.165, 1.54) is 19.1 Å². The molecule has 7 heteroatoms. The molecule has 34 heavy (non-hydrogen) atoms. The second kappa shape index (κ2) is 10.1. The first-order valence-electron chi connectivity index (χ1n) is 10.7. The van der Waals surface area contributed by atoms with Crippen molar-refractivity contribution in [3.63, 3.8) is 0 Å². The van der Waals surface area contributed by atoms with Crippen LogP contribution in [0.15, 0.2) is 82.8 Å². The molecule has 3 aromatic carbocycles. The molecule has 1 atom stereocenters. The third-order valence-corrected chi connectivity index (χ3v) is 6.40. The molecule has 1 unspecified atom stereocenters. The third kappa shape index (κ3) is 4.56. The zero-order chi connectivity index (χ0) is 24.2. The van der Waals surface area contributed by atoms with Crippen molar-refractivity contribution in [2.75, 3.05) is 20.8 Å². The first kappa shape index (κ1) is 23.6. The van der Waals surface area contributed by atoms with Crippen LogP contribution in [0.4, 0.5) is 0 Å². The predicted octanol–water partition coefficient (Wildman–Crippen LogP) is 5.13. The Balaban J connectivity index is 1.80. The first-order chi connectivity index (χ1) is 16.4. The van der Waals surface area contributed by atoms with E-state index in [1.54, 1.807) is 18.2 Å². The van der Waals surface area contributed by atoms with E-state index in [0.29, 0.717) is 30.0 Å². The van der Waals surface area contributed by atoms with Gasteiger partial charge in [0, 0.05) is 16.6 Å². The Morgan fingerprint density at radius 2 is 1.62 bits per heavy atom. The topological polar surface area (TPSA) is 76.1 Å². The van der Waals surface area contributed by atoms with Gasteiger partial charge in [-0.1, -0.05) is 58.4 Å². The van der Waals surface area contributed by atoms with Crippen LogP contribution in [0, 0.1) is 0 Å². The Morgan fingerprint density at radius 3 is 2.26 bits per heavy atom. The van der Waals surface area contributed by atoms with Gasteiger partial charge in [0.2, 0.25) is 0 Å². The lowest BCUT2D eigenvalue weighted by molar-refractivity contribution is -0.139. The maximum Gasteiger partial charge on any atom is 0.295 e. The highest BCUT2D eigenvalue weighted by molar-refractivity contribution is 9.10. The van der Waals surface area contributed by atoms with E-state index in [1.807, 2.05) is 54.6 Å². The summed E-state index contributed by atoms with van der Waals surface area (Å²) in [6, 6.07) is 21.3. The van der Waals surface area contributed by atoms with Gasteiger partial charge in [0.1, 0.15) is 5.76 Å². The van der Waals surface area contributed by atoms with Crippen molar-refractivity contribution in [3.05, 3.63) is 99.5 Å². The summed E-state index contributed by atoms with van der Waals surface area (Å²) in [6.45, 7) is 0.331. The van der Waals surface area contributed by atoms with Gasteiger partial charge in [-0.25, -0.2) is 0 Å². The van der Waals surface area contributed by atoms with Gasteiger partial charge in [0.25, 0.3) is 11.7 Å². The molecule has 1 fully saturated rings. The smallest absolute Gasteiger partial charge is 0.295 e. The van der Waals surface area contributed by atoms with Gasteiger partial charge in [-0.15, -0.1) is 0 Å². The standard InChI is InChI=1S/C27H24BrNO5/c1-33-21-13-10-19(16-22(21)34-2)25(30)23-24(18-8-11-20(28)12-9-18)29(27(32)26(23)31)15-14-17-6-4-3-5-7-17/h3-13,16,24,30H,14-15H2,1-2H3. The van der Waals surface area contributed by atoms with Crippen molar-refractivity contribution in [2.45, 2.75) is 12.5 Å². The molecule has 0 saturated carbocycles. The van der Waals surface area contributed by atoms with Crippen LogP contribution in [0.1, 0.15) is 22.7 Å². The number of benzene rings is 3. The minimum Gasteiger partial charge on any atom is -0.507 e. The number of carbonyl (C=O) groups excluding carboxylic acids is 2. The molecule has 3 aromatic rings. The number of amides is 1. The molecule has 174 valence electrons. The number of methoxy groups -OCH3 is 2. The molecule has 1 N–H and O–H groups in total. The molecule has 6 nitrogen and oxygen atoms in total. The Kier molecular flexibility index (Phi) is 7.03. The summed E-state index contributed by atoms with van der Waals surface area (Å²) in [5.74, 6) is -0.703. The van der Waals surface area contributed by atoms with Crippen LogP contribution >= 0.6 is 15.9 Å². The van der Waals surface area contributed by atoms with Gasteiger partial charge in [0.05, 0.1) is 25.8 Å². The van der Waals surface area contributed by atoms with E-state index >= 15 is 0 Å². The van der Waals surface area contributed by atoms with Crippen LogP contribution in [0.5, 0.6) is 11.5 Å². The summed E-state index contributed by atoms with van der Waals surface area (Å²) in [5, 5.41) is 11.3. The molecule has 0 radical (unpaired) electrons. The minimum atomic E-state index is -0.718. The average molecular weight is 522 g/mol. The molecular formula is C27H24BrNO5. The van der Waals surface area contributed by atoms with Crippen LogP contribution < -0.4 is 9.47 Å². The predicted molar refractivity (Wildman–Crippen MR) is 133 cm³/mol. The number of likely N-dealkylation sites (tertiary alicyclic amines) is 1. The zero-order valence-corrected chi connectivity index (χ0v) is 20.4. The second-order valence-electron chi connectivity index (χ2n) is 7.85. The summed E-state index contributed by atoms with van der Waals surface area (Å²) in [5.41, 5.74) is 2.20. The van der Waals surface area contributed by atoms with Gasteiger partial charge in [0.15, 0.2) is 11.5 Å². The van der Waals surface area contributed by atoms with Crippen LogP contribution in [0.3, 0.4) is 0 Å². The quantitative estimate of drug-likeness (QED) is 0.265. The highest BCUT2D eigenvalue weighted by Crippen LogP contribution is 2.41. The molecule has 1 amide bonds. The molecular weight excluding hydrogens is 498 g/mol. The summed E-state index contributed by atoms with van der Waals surface area (Å²) in [7, 11) is 3.01. The lowest BCUT2D eigenvalue weighted by Gasteiger charge is -2.25. The van der Waals surface area contributed by atoms with Crippen molar-refractivity contribution in [1.82, 2.24) is 4.90 Å². The lowest BCUT2D eigenvalue weighted by Crippen LogP contribution is -2.31. The number of hydrogen-bond acceptors (Lipinski definition) is 5. The largest absolute Gasteiger partial charge is 0.507 e. The van der Waals surface area contributed by atoms with Crippen molar-refractivity contribution >= 4 is 33.4 Å². The molecule has 1 heterocycles. The molecule has 1 aliphatic rings. The lowest BCUT2D eigenvalue weighted by atomic mass is 9.95. The van der Waals surface area contributed by atoms with Crippen LogP contribution in [-0.2, 0) is 16.0 Å². The average Bonchev–Trinajstić information content (AvgIpc) is 3.12. The third-order valence-electron chi connectivity index (χ3n) is 5.87. The van der Waals surface area contributed by atoms with Crippen molar-refractivity contribution in [1.29, 1.82) is 0 Å². The molecule has 4 rings (SSSR count). The number of aliphatic hydroxyl groups excluding tert-OH is 1. The minimum absolute atomic E-state index is 0.0487. The summed E-state index contributed by atoms with van der Waals surface area (Å²) < 4.78 is 11.5. The monoisotopic (exact) mass is 521 g/mol. The highest BCUT2D eigenvalue weighted by atomic mass is 79.9. The zero-order valence-electron chi connectivity index (χ0n) is 18.8. The number of Topliss-reactive ketones (excluding diaryl/α,β-unsaturated/α-hetero) is 1. The fourth-order valence-corrected chi connectivity index (χ4v) is 4.40. The van der Waals surface area contributed by atoms with Crippen molar-refractivity contribution < 1.29 is 24.2 Å². The van der Waals surface area contributed by atoms with Gasteiger partial charge >= 0.3 is 0 Å². The van der Waals surface area contributed by atoms with Crippen molar-refractivity contribution in [3.8, 4) is 11.5 Å². The molecule has 0 aromatic heterocycles. The number of halogens is 1. The Morgan fingerprint density at radius 1 is 0.941 bits per heavy atom. The van der Waals surface area contributed by atoms with Gasteiger partial charge in [-0.3, -0.25) is 9.59 Å². The molecule has 1 saturated heterocycles. The van der Waals surface area contributed by atoms with Crippen LogP contribution in [0.2, 0.25) is 0 Å². The van der Waals surface area contributed by atoms with E-state index < -0.39 is 17.7 Å². The SMILES string of the molecule is COc1ccc(C(O)=C2C(=O)C(=O)N(CCc3ccccc3)C2c2ccc(Br)cc2)cc1OC. The maximum absolute atomic E-state index is 13.2. The number of carbonyl (C=O) groups is 2. The Hall–Kier alpha value is -3.58. The van der Waals surface area contributed by atoms with E-state index in [9.17, 15) is 14.7 Å². The molecule has 0 bridgehead atoms. The molecule has 0 spiro atoms. The number of nitrogens with zero attached hydrogens (tertiary/aromatic N) is 1. The molecule has 0 aliphatic carbocycles. The second-order valence-corrected chi connectivity index (χ2v) is 8.77. The fourth-order valence-electron chi connectivity index (χ4n) is 4.14. The molecule has 1 aliphatic heterocycles.